The number of carbonyl (C=O) groups excluding carboxylic acids is 2. The molecule has 1 aliphatic rings. The summed E-state index contributed by atoms with van der Waals surface area (Å²) in [6, 6.07) is 10.8. The summed E-state index contributed by atoms with van der Waals surface area (Å²) in [7, 11) is 0. The molecule has 2 aromatic carbocycles. The predicted octanol–water partition coefficient (Wildman–Crippen LogP) is 6.50. The lowest BCUT2D eigenvalue weighted by atomic mass is 9.98. The van der Waals surface area contributed by atoms with Crippen LogP contribution in [0, 0.1) is 0 Å². The van der Waals surface area contributed by atoms with Crippen molar-refractivity contribution in [3.05, 3.63) is 47.5 Å². The van der Waals surface area contributed by atoms with Crippen molar-refractivity contribution in [3.63, 3.8) is 0 Å². The fourth-order valence-electron chi connectivity index (χ4n) is 2.86. The van der Waals surface area contributed by atoms with Gasteiger partial charge in [0.2, 0.25) is 0 Å². The Balaban J connectivity index is 2.10. The van der Waals surface area contributed by atoms with E-state index in [0.717, 1.165) is 24.0 Å². The molecule has 0 fully saturated rings. The SMILES string of the molecule is O=C(c1ccc2c(c1)OCCCCOc1cc(C(=O)C(Br)Br)ccc1-2)C(Br)Br. The monoisotopic (exact) mass is 636 g/mol. The van der Waals surface area contributed by atoms with Crippen molar-refractivity contribution in [1.82, 2.24) is 0 Å². The van der Waals surface area contributed by atoms with Gasteiger partial charge in [-0.1, -0.05) is 75.9 Å². The van der Waals surface area contributed by atoms with E-state index in [9.17, 15) is 9.59 Å². The maximum absolute atomic E-state index is 12.3. The minimum Gasteiger partial charge on any atom is -0.493 e. The van der Waals surface area contributed by atoms with E-state index < -0.39 is 7.47 Å². The van der Waals surface area contributed by atoms with Crippen LogP contribution in [0.25, 0.3) is 11.1 Å². The Kier molecular flexibility index (Phi) is 7.75. The van der Waals surface area contributed by atoms with E-state index in [1.54, 1.807) is 24.3 Å². The Bertz CT molecular complexity index is 822. The van der Waals surface area contributed by atoms with Gasteiger partial charge in [0.25, 0.3) is 0 Å². The van der Waals surface area contributed by atoms with Gasteiger partial charge in [0.05, 0.1) is 13.2 Å². The zero-order valence-corrected chi connectivity index (χ0v) is 20.9. The lowest BCUT2D eigenvalue weighted by molar-refractivity contribution is 0.100. The number of carbonyl (C=O) groups is 2. The van der Waals surface area contributed by atoms with Crippen molar-refractivity contribution >= 4 is 75.3 Å². The first-order valence-corrected chi connectivity index (χ1v) is 12.2. The molecule has 1 aliphatic heterocycles. The van der Waals surface area contributed by atoms with Crippen LogP contribution in [0.5, 0.6) is 11.5 Å². The summed E-state index contributed by atoms with van der Waals surface area (Å²) in [5.74, 6) is 1.08. The van der Waals surface area contributed by atoms with Crippen LogP contribution in [0.15, 0.2) is 36.4 Å². The van der Waals surface area contributed by atoms with E-state index in [-0.39, 0.29) is 11.6 Å². The molecule has 0 bridgehead atoms. The van der Waals surface area contributed by atoms with E-state index in [1.807, 2.05) is 12.1 Å². The van der Waals surface area contributed by atoms with Crippen molar-refractivity contribution in [3.8, 4) is 22.6 Å². The minimum absolute atomic E-state index is 0.0819. The van der Waals surface area contributed by atoms with Gasteiger partial charge in [0, 0.05) is 22.3 Å². The van der Waals surface area contributed by atoms with Crippen LogP contribution in [0.3, 0.4) is 0 Å². The molecule has 28 heavy (non-hydrogen) atoms. The lowest BCUT2D eigenvalue weighted by Crippen LogP contribution is -2.11. The van der Waals surface area contributed by atoms with Crippen LogP contribution in [0.1, 0.15) is 33.6 Å². The fourth-order valence-corrected chi connectivity index (χ4v) is 3.91. The Morgan fingerprint density at radius 3 is 1.46 bits per heavy atom. The zero-order valence-electron chi connectivity index (χ0n) is 14.6. The third-order valence-corrected chi connectivity index (χ3v) is 5.94. The Morgan fingerprint density at radius 2 is 1.11 bits per heavy atom. The number of hydrogen-bond donors (Lipinski definition) is 0. The van der Waals surface area contributed by atoms with E-state index >= 15 is 0 Å². The molecule has 0 saturated carbocycles. The van der Waals surface area contributed by atoms with Crippen molar-refractivity contribution in [2.24, 2.45) is 0 Å². The first-order chi connectivity index (χ1) is 13.4. The van der Waals surface area contributed by atoms with Gasteiger partial charge in [-0.15, -0.1) is 0 Å². The molecule has 8 heteroatoms. The normalized spacial score (nSPS) is 13.9. The molecule has 0 unspecified atom stereocenters. The van der Waals surface area contributed by atoms with Crippen molar-refractivity contribution in [2.45, 2.75) is 20.3 Å². The summed E-state index contributed by atoms with van der Waals surface area (Å²) in [5, 5.41) is 0. The van der Waals surface area contributed by atoms with E-state index in [0.29, 0.717) is 35.8 Å². The molecule has 1 heterocycles. The second-order valence-electron chi connectivity index (χ2n) is 6.16. The maximum Gasteiger partial charge on any atom is 0.187 e. The summed E-state index contributed by atoms with van der Waals surface area (Å²) < 4.78 is 11.1. The van der Waals surface area contributed by atoms with Crippen LogP contribution >= 0.6 is 63.7 Å². The summed E-state index contributed by atoms with van der Waals surface area (Å²) in [5.41, 5.74) is 2.74. The first-order valence-electron chi connectivity index (χ1n) is 8.57. The molecule has 0 saturated heterocycles. The molecule has 4 nitrogen and oxygen atoms in total. The van der Waals surface area contributed by atoms with Crippen molar-refractivity contribution in [2.75, 3.05) is 13.2 Å². The van der Waals surface area contributed by atoms with Crippen LogP contribution in [0.4, 0.5) is 0 Å². The molecule has 0 atom stereocenters. The molecule has 148 valence electrons. The molecule has 3 rings (SSSR count). The highest BCUT2D eigenvalue weighted by Gasteiger charge is 2.21. The van der Waals surface area contributed by atoms with E-state index in [4.69, 9.17) is 9.47 Å². The van der Waals surface area contributed by atoms with Crippen LogP contribution in [-0.2, 0) is 0 Å². The molecule has 2 aromatic rings. The van der Waals surface area contributed by atoms with Gasteiger partial charge in [-0.25, -0.2) is 0 Å². The largest absolute Gasteiger partial charge is 0.493 e. The highest BCUT2D eigenvalue weighted by molar-refractivity contribution is 9.25. The summed E-state index contributed by atoms with van der Waals surface area (Å²) in [4.78, 5) is 24.6. The Morgan fingerprint density at radius 1 is 0.714 bits per heavy atom. The second kappa shape index (κ2) is 9.87. The zero-order chi connectivity index (χ0) is 20.3. The van der Waals surface area contributed by atoms with Gasteiger partial charge in [0.1, 0.15) is 19.0 Å². The number of halogens is 4. The molecular formula is C20H16Br4O4. The predicted molar refractivity (Wildman–Crippen MR) is 124 cm³/mol. The molecule has 0 spiro atoms. The number of ether oxygens (including phenoxy) is 2. The van der Waals surface area contributed by atoms with Crippen LogP contribution in [-0.4, -0.2) is 32.3 Å². The quantitative estimate of drug-likeness (QED) is 0.283. The Labute approximate surface area is 196 Å². The number of hydrogen-bond acceptors (Lipinski definition) is 4. The molecule has 0 aromatic heterocycles. The summed E-state index contributed by atoms with van der Waals surface area (Å²) in [6.07, 6.45) is 1.66. The van der Waals surface area contributed by atoms with Gasteiger partial charge >= 0.3 is 0 Å². The minimum atomic E-state index is -0.455. The van der Waals surface area contributed by atoms with E-state index in [2.05, 4.69) is 63.7 Å². The summed E-state index contributed by atoms with van der Waals surface area (Å²) >= 11 is 13.0. The van der Waals surface area contributed by atoms with Gasteiger partial charge in [-0.3, -0.25) is 9.59 Å². The van der Waals surface area contributed by atoms with Gasteiger partial charge < -0.3 is 9.47 Å². The fraction of sp³-hybridized carbons (Fsp3) is 0.300. The van der Waals surface area contributed by atoms with Crippen LogP contribution < -0.4 is 9.47 Å². The molecule has 0 aliphatic carbocycles. The number of ketones is 2. The maximum atomic E-state index is 12.3. The molecule has 0 N–H and O–H groups in total. The number of Topliss-reactive ketones (excluding diaryl/α,β-unsaturated/α-hetero) is 2. The van der Waals surface area contributed by atoms with Gasteiger partial charge in [0.15, 0.2) is 11.6 Å². The Hall–Kier alpha value is -0.700. The van der Waals surface area contributed by atoms with Crippen molar-refractivity contribution in [1.29, 1.82) is 0 Å². The van der Waals surface area contributed by atoms with Crippen LogP contribution in [0.2, 0.25) is 0 Å². The van der Waals surface area contributed by atoms with Crippen molar-refractivity contribution < 1.29 is 19.1 Å². The van der Waals surface area contributed by atoms with E-state index in [1.165, 1.54) is 0 Å². The lowest BCUT2D eigenvalue weighted by Gasteiger charge is -2.19. The smallest absolute Gasteiger partial charge is 0.187 e. The number of rotatable bonds is 4. The number of benzene rings is 2. The topological polar surface area (TPSA) is 52.6 Å². The average Bonchev–Trinajstić information content (AvgIpc) is 2.69. The molecular weight excluding hydrogens is 624 g/mol. The standard InChI is InChI=1S/C20H16Br4O4/c21-19(22)17(25)11-3-5-13-14-6-4-12(18(26)20(23)24)10-16(14)28-8-2-1-7-27-15(13)9-11/h3-6,9-10,19-20H,1-2,7-8H2. The van der Waals surface area contributed by atoms with Gasteiger partial charge in [-0.2, -0.15) is 0 Å². The van der Waals surface area contributed by atoms with Gasteiger partial charge in [-0.05, 0) is 37.1 Å². The average molecular weight is 640 g/mol. The number of alkyl halides is 4. The molecule has 0 amide bonds. The first kappa shape index (κ1) is 22.0. The molecule has 0 radical (unpaired) electrons. The second-order valence-corrected chi connectivity index (χ2v) is 12.3. The highest BCUT2D eigenvalue weighted by atomic mass is 79.9. The summed E-state index contributed by atoms with van der Waals surface area (Å²) in [6.45, 7) is 1.08. The highest BCUT2D eigenvalue weighted by Crippen LogP contribution is 2.39. The third kappa shape index (κ3) is 5.07. The number of fused-ring (bicyclic) bond motifs is 3. The third-order valence-electron chi connectivity index (χ3n) is 4.27.